The number of aryl methyl sites for hydroxylation is 1. The summed E-state index contributed by atoms with van der Waals surface area (Å²) >= 11 is 0. The van der Waals surface area contributed by atoms with Gasteiger partial charge in [0.1, 0.15) is 17.1 Å². The number of carboxylic acid groups (broad SMARTS) is 2. The predicted octanol–water partition coefficient (Wildman–Crippen LogP) is 1.36. The van der Waals surface area contributed by atoms with Gasteiger partial charge >= 0.3 is 18.0 Å². The van der Waals surface area contributed by atoms with Gasteiger partial charge in [0.15, 0.2) is 0 Å². The van der Waals surface area contributed by atoms with Crippen molar-refractivity contribution in [2.24, 2.45) is 17.8 Å². The Morgan fingerprint density at radius 1 is 0.914 bits per heavy atom. The molecule has 0 saturated heterocycles. The van der Waals surface area contributed by atoms with E-state index in [1.807, 2.05) is 4.68 Å². The zero-order valence-electron chi connectivity index (χ0n) is 32.5. The Labute approximate surface area is 332 Å². The Bertz CT molecular complexity index is 2040. The van der Waals surface area contributed by atoms with Gasteiger partial charge in [0.25, 0.3) is 11.7 Å². The number of hydrogen-bond donors (Lipinski definition) is 5. The van der Waals surface area contributed by atoms with E-state index in [2.05, 4.69) is 31.1 Å². The van der Waals surface area contributed by atoms with E-state index in [1.54, 1.807) is 0 Å². The van der Waals surface area contributed by atoms with Crippen LogP contribution in [0.15, 0.2) is 12.1 Å². The minimum atomic E-state index is -1.54. The number of carbonyl (C=O) groups is 6. The number of nitrogens with one attached hydrogen (secondary N) is 3. The number of H-pyrrole nitrogens is 1. The number of aromatic amines is 1. The number of hydrogen-bond acceptors (Lipinski definition) is 15. The summed E-state index contributed by atoms with van der Waals surface area (Å²) in [5.74, 6) is -4.89. The van der Waals surface area contributed by atoms with Gasteiger partial charge in [-0.05, 0) is 62.5 Å². The summed E-state index contributed by atoms with van der Waals surface area (Å²) in [5.41, 5.74) is 1.29. The lowest BCUT2D eigenvalue weighted by atomic mass is 9.88. The monoisotopic (exact) mass is 813 g/mol. The quantitative estimate of drug-likeness (QED) is 0.0544. The molecule has 3 atom stereocenters. The molecule has 3 aliphatic carbocycles. The van der Waals surface area contributed by atoms with E-state index in [1.165, 1.54) is 0 Å². The molecule has 1 fully saturated rings. The molecule has 2 amide bonds. The number of carbonyl (C=O) groups excluding carboxylic acids is 4. The maximum absolute atomic E-state index is 12.8. The minimum Gasteiger partial charge on any atom is -0.478 e. The number of rotatable bonds is 22. The fourth-order valence-electron chi connectivity index (χ4n) is 7.19. The molecule has 6 rings (SSSR count). The standard InChI is InChI=1S/C37H45N7O14/c1-2-53-9-7-38-37(52)57-19-24-20-3-5-25-28(6-4-21(20)24)44(43-41-25)8-10-54-11-12-55-13-14-56-15-16-58-42-34(47)26-17-22(35(48)49)29-30-23(18-27(40-30)36(50)51)32(45)33(46)31(29)39-26/h17-18,20-21,24,40H,2-16,19H2,1H3,(H,38,52)(H,42,47)(H,48,49)(H,50,51)/t20-,21+,24-/m0/s1/i1T. The second-order valence-electron chi connectivity index (χ2n) is 13.5. The number of ether oxygens (including phenoxy) is 5. The highest BCUT2D eigenvalue weighted by molar-refractivity contribution is 6.52. The maximum atomic E-state index is 12.8. The third kappa shape index (κ3) is 10.1. The number of nitrogens with zero attached hydrogens (tertiary/aromatic N) is 4. The first kappa shape index (κ1) is 40.6. The van der Waals surface area contributed by atoms with E-state index in [0.717, 1.165) is 49.2 Å². The van der Waals surface area contributed by atoms with Crippen LogP contribution in [-0.2, 0) is 47.9 Å². The zero-order valence-corrected chi connectivity index (χ0v) is 31.5. The number of hydroxylamine groups is 1. The predicted molar refractivity (Wildman–Crippen MR) is 195 cm³/mol. The third-order valence-electron chi connectivity index (χ3n) is 10.1. The molecule has 1 saturated carbocycles. The second kappa shape index (κ2) is 19.7. The van der Waals surface area contributed by atoms with Gasteiger partial charge in [-0.15, -0.1) is 5.10 Å². The summed E-state index contributed by atoms with van der Waals surface area (Å²) in [6.45, 7) is 3.77. The lowest BCUT2D eigenvalue weighted by molar-refractivity contribution is -0.0205. The summed E-state index contributed by atoms with van der Waals surface area (Å²) in [6, 6.07) is 1.83. The Hall–Kier alpha value is -5.61. The van der Waals surface area contributed by atoms with Crippen LogP contribution in [0.4, 0.5) is 4.79 Å². The summed E-state index contributed by atoms with van der Waals surface area (Å²) in [7, 11) is 0. The highest BCUT2D eigenvalue weighted by atomic mass is 16.7. The lowest BCUT2D eigenvalue weighted by Crippen LogP contribution is -2.30. The Kier molecular flexibility index (Phi) is 13.8. The van der Waals surface area contributed by atoms with Gasteiger partial charge in [-0.1, -0.05) is 5.21 Å². The molecule has 0 unspecified atom stereocenters. The van der Waals surface area contributed by atoms with E-state index >= 15 is 0 Å². The molecule has 312 valence electrons. The van der Waals surface area contributed by atoms with Crippen LogP contribution in [0.3, 0.4) is 0 Å². The topological polar surface area (TPSA) is 282 Å². The lowest BCUT2D eigenvalue weighted by Gasteiger charge is -2.17. The summed E-state index contributed by atoms with van der Waals surface area (Å²) < 4.78 is 36.3. The van der Waals surface area contributed by atoms with Crippen molar-refractivity contribution in [2.45, 2.75) is 39.1 Å². The molecule has 58 heavy (non-hydrogen) atoms. The second-order valence-corrected chi connectivity index (χ2v) is 13.5. The van der Waals surface area contributed by atoms with Crippen LogP contribution in [0.25, 0.3) is 11.3 Å². The van der Waals surface area contributed by atoms with Crippen molar-refractivity contribution in [3.05, 3.63) is 51.7 Å². The smallest absolute Gasteiger partial charge is 0.407 e. The van der Waals surface area contributed by atoms with Gasteiger partial charge in [0.05, 0.1) is 94.2 Å². The van der Waals surface area contributed by atoms with Gasteiger partial charge in [0.2, 0.25) is 5.78 Å². The van der Waals surface area contributed by atoms with E-state index in [0.29, 0.717) is 70.5 Å². The number of pyridine rings is 1. The van der Waals surface area contributed by atoms with Crippen molar-refractivity contribution >= 4 is 35.5 Å². The average molecular weight is 814 g/mol. The molecule has 3 heterocycles. The maximum Gasteiger partial charge on any atom is 0.407 e. The number of aromatic nitrogens is 5. The fraction of sp³-hybridized carbons (Fsp3) is 0.541. The van der Waals surface area contributed by atoms with Gasteiger partial charge in [-0.3, -0.25) is 19.2 Å². The first-order valence-electron chi connectivity index (χ1n) is 19.5. The number of aromatic carboxylic acids is 2. The SMILES string of the molecule is [3H]CCOCCNC(=O)OC[C@@H]1[C@@H]2CCc3c(nnn3CCOCCOCCOCCONC(=O)c3cc(C(=O)O)c4c(n3)C(=O)C(=O)c3cc(C(=O)O)[nH]c3-4)CC[C@@H]21. The number of alkyl carbamates (subject to hydrolysis) is 1. The van der Waals surface area contributed by atoms with E-state index in [4.69, 9.17) is 29.9 Å². The Morgan fingerprint density at radius 2 is 1.64 bits per heavy atom. The molecule has 0 bridgehead atoms. The molecule has 3 aliphatic rings. The fourth-order valence-corrected chi connectivity index (χ4v) is 7.19. The van der Waals surface area contributed by atoms with Gasteiger partial charge in [-0.25, -0.2) is 29.5 Å². The average Bonchev–Trinajstić information content (AvgIpc) is 3.46. The molecule has 0 aliphatic heterocycles. The number of Topliss-reactive ketones (excluding diaryl/α,β-unsaturated/α-hetero) is 2. The molecule has 0 spiro atoms. The Balaban J connectivity index is 0.813. The van der Waals surface area contributed by atoms with Crippen LogP contribution in [0.5, 0.6) is 0 Å². The first-order chi connectivity index (χ1) is 28.6. The molecular weight excluding hydrogens is 766 g/mol. The van der Waals surface area contributed by atoms with Crippen LogP contribution < -0.4 is 10.8 Å². The van der Waals surface area contributed by atoms with Crippen molar-refractivity contribution in [2.75, 3.05) is 72.6 Å². The normalized spacial score (nSPS) is 18.1. The molecule has 0 radical (unpaired) electrons. The number of amides is 2. The van der Waals surface area contributed by atoms with Crippen molar-refractivity contribution in [3.8, 4) is 11.3 Å². The van der Waals surface area contributed by atoms with Gasteiger partial charge in [-0.2, -0.15) is 0 Å². The third-order valence-corrected chi connectivity index (χ3v) is 10.1. The largest absolute Gasteiger partial charge is 0.478 e. The molecule has 21 nitrogen and oxygen atoms in total. The molecular formula is C37H45N7O14. The number of ketones is 2. The van der Waals surface area contributed by atoms with Gasteiger partial charge < -0.3 is 44.2 Å². The number of carboxylic acids is 2. The molecule has 21 heteroatoms. The summed E-state index contributed by atoms with van der Waals surface area (Å²) in [6.07, 6.45) is 3.18. The van der Waals surface area contributed by atoms with Crippen molar-refractivity contribution in [1.29, 1.82) is 0 Å². The number of fused-ring (bicyclic) bond motifs is 5. The van der Waals surface area contributed by atoms with Crippen LogP contribution >= 0.6 is 0 Å². The summed E-state index contributed by atoms with van der Waals surface area (Å²) in [5, 5.41) is 30.5. The Morgan fingerprint density at radius 3 is 2.36 bits per heavy atom. The molecule has 3 aromatic heterocycles. The molecule has 3 aromatic rings. The van der Waals surface area contributed by atoms with Crippen LogP contribution in [-0.4, -0.2) is 143 Å². The van der Waals surface area contributed by atoms with Crippen molar-refractivity contribution in [3.63, 3.8) is 0 Å². The van der Waals surface area contributed by atoms with Crippen LogP contribution in [0.2, 0.25) is 0 Å². The van der Waals surface area contributed by atoms with E-state index < -0.39 is 58.2 Å². The van der Waals surface area contributed by atoms with E-state index in [9.17, 15) is 39.0 Å². The minimum absolute atomic E-state index is 0.0623. The van der Waals surface area contributed by atoms with Crippen molar-refractivity contribution < 1.29 is 68.9 Å². The van der Waals surface area contributed by atoms with Gasteiger partial charge in [0, 0.05) is 20.1 Å². The highest BCUT2D eigenvalue weighted by Gasteiger charge is 2.50. The first-order valence-corrected chi connectivity index (χ1v) is 18.8. The zero-order chi connectivity index (χ0) is 41.9. The molecule has 5 N–H and O–H groups in total. The van der Waals surface area contributed by atoms with Crippen molar-refractivity contribution in [1.82, 2.24) is 35.8 Å². The highest BCUT2D eigenvalue weighted by Crippen LogP contribution is 2.53. The van der Waals surface area contributed by atoms with E-state index in [-0.39, 0.29) is 50.1 Å². The molecule has 0 aromatic carbocycles. The van der Waals surface area contributed by atoms with Crippen LogP contribution in [0, 0.1) is 17.8 Å². The summed E-state index contributed by atoms with van der Waals surface area (Å²) in [4.78, 5) is 85.0. The van der Waals surface area contributed by atoms with Crippen LogP contribution in [0.1, 0.15) is 84.7 Å².